The number of benzene rings is 1. The highest BCUT2D eigenvalue weighted by Gasteiger charge is 2.12. The summed E-state index contributed by atoms with van der Waals surface area (Å²) in [7, 11) is 0. The van der Waals surface area contributed by atoms with Gasteiger partial charge in [-0.05, 0) is 49.3 Å². The second kappa shape index (κ2) is 5.57. The largest absolute Gasteiger partial charge is 0.447 e. The van der Waals surface area contributed by atoms with Crippen molar-refractivity contribution in [3.8, 4) is 0 Å². The van der Waals surface area contributed by atoms with E-state index in [-0.39, 0.29) is 0 Å². The molecule has 0 radical (unpaired) electrons. The highest BCUT2D eigenvalue weighted by Crippen LogP contribution is 2.24. The third-order valence-electron chi connectivity index (χ3n) is 3.94. The topological polar surface area (TPSA) is 38.1 Å². The Morgan fingerprint density at radius 1 is 1.26 bits per heavy atom. The van der Waals surface area contributed by atoms with Gasteiger partial charge in [0.2, 0.25) is 0 Å². The van der Waals surface area contributed by atoms with Crippen LogP contribution in [0.4, 0.5) is 0 Å². The molecule has 1 aromatic heterocycles. The first-order valence-corrected chi connectivity index (χ1v) is 7.05. The zero-order valence-electron chi connectivity index (χ0n) is 11.4. The standard InChI is InChI=1S/C16H20N2O/c1-12(18-10-16-9-17-11-19-16)14-7-6-13-4-2-3-5-15(13)8-14/h6-9,11-12,18H,2-5,10H2,1H3. The number of aryl methyl sites for hydroxylation is 2. The van der Waals surface area contributed by atoms with Crippen molar-refractivity contribution in [2.24, 2.45) is 0 Å². The maximum Gasteiger partial charge on any atom is 0.180 e. The average Bonchev–Trinajstić information content (AvgIpc) is 2.97. The summed E-state index contributed by atoms with van der Waals surface area (Å²) in [4.78, 5) is 3.92. The van der Waals surface area contributed by atoms with E-state index in [4.69, 9.17) is 4.42 Å². The van der Waals surface area contributed by atoms with E-state index in [0.29, 0.717) is 6.04 Å². The van der Waals surface area contributed by atoms with Gasteiger partial charge in [0.05, 0.1) is 12.7 Å². The molecule has 2 aromatic rings. The van der Waals surface area contributed by atoms with Crippen LogP contribution in [0.2, 0.25) is 0 Å². The van der Waals surface area contributed by atoms with Gasteiger partial charge in [-0.3, -0.25) is 0 Å². The zero-order valence-corrected chi connectivity index (χ0v) is 11.4. The van der Waals surface area contributed by atoms with Crippen LogP contribution in [0.25, 0.3) is 0 Å². The van der Waals surface area contributed by atoms with Crippen molar-refractivity contribution < 1.29 is 4.42 Å². The first-order valence-electron chi connectivity index (χ1n) is 7.05. The Kier molecular flexibility index (Phi) is 3.65. The molecular weight excluding hydrogens is 236 g/mol. The third kappa shape index (κ3) is 2.87. The van der Waals surface area contributed by atoms with Gasteiger partial charge < -0.3 is 9.73 Å². The van der Waals surface area contributed by atoms with Gasteiger partial charge in [-0.2, -0.15) is 0 Å². The number of oxazole rings is 1. The molecule has 1 aromatic carbocycles. The number of rotatable bonds is 4. The fourth-order valence-corrected chi connectivity index (χ4v) is 2.72. The van der Waals surface area contributed by atoms with Crippen molar-refractivity contribution in [2.45, 2.75) is 45.2 Å². The Balaban J connectivity index is 1.67. The predicted molar refractivity (Wildman–Crippen MR) is 74.8 cm³/mol. The monoisotopic (exact) mass is 256 g/mol. The van der Waals surface area contributed by atoms with Crippen molar-refractivity contribution in [1.29, 1.82) is 0 Å². The van der Waals surface area contributed by atoms with Crippen molar-refractivity contribution in [3.05, 3.63) is 53.2 Å². The van der Waals surface area contributed by atoms with Crippen LogP contribution >= 0.6 is 0 Å². The molecule has 1 aliphatic carbocycles. The minimum absolute atomic E-state index is 0.331. The summed E-state index contributed by atoms with van der Waals surface area (Å²) in [6, 6.07) is 7.25. The molecule has 3 rings (SSSR count). The molecule has 1 aliphatic rings. The van der Waals surface area contributed by atoms with Crippen LogP contribution in [-0.4, -0.2) is 4.98 Å². The average molecular weight is 256 g/mol. The fraction of sp³-hybridized carbons (Fsp3) is 0.438. The lowest BCUT2D eigenvalue weighted by atomic mass is 9.89. The molecule has 1 N–H and O–H groups in total. The van der Waals surface area contributed by atoms with E-state index in [9.17, 15) is 0 Å². The lowest BCUT2D eigenvalue weighted by Crippen LogP contribution is -2.18. The summed E-state index contributed by atoms with van der Waals surface area (Å²) in [6.45, 7) is 2.92. The summed E-state index contributed by atoms with van der Waals surface area (Å²) in [6.07, 6.45) is 8.38. The number of hydrogen-bond donors (Lipinski definition) is 1. The predicted octanol–water partition coefficient (Wildman–Crippen LogP) is 3.40. The van der Waals surface area contributed by atoms with Gasteiger partial charge >= 0.3 is 0 Å². The molecule has 0 spiro atoms. The molecule has 0 aliphatic heterocycles. The molecule has 1 atom stereocenters. The summed E-state index contributed by atoms with van der Waals surface area (Å²) >= 11 is 0. The Labute approximate surface area is 114 Å². The van der Waals surface area contributed by atoms with Crippen molar-refractivity contribution in [2.75, 3.05) is 0 Å². The van der Waals surface area contributed by atoms with Crippen LogP contribution in [0.3, 0.4) is 0 Å². The van der Waals surface area contributed by atoms with Crippen molar-refractivity contribution >= 4 is 0 Å². The molecule has 3 heteroatoms. The fourth-order valence-electron chi connectivity index (χ4n) is 2.72. The molecule has 100 valence electrons. The molecule has 19 heavy (non-hydrogen) atoms. The Morgan fingerprint density at radius 3 is 2.89 bits per heavy atom. The second-order valence-corrected chi connectivity index (χ2v) is 5.31. The maximum atomic E-state index is 5.24. The third-order valence-corrected chi connectivity index (χ3v) is 3.94. The molecule has 0 bridgehead atoms. The number of fused-ring (bicyclic) bond motifs is 1. The smallest absolute Gasteiger partial charge is 0.180 e. The number of hydrogen-bond acceptors (Lipinski definition) is 3. The van der Waals surface area contributed by atoms with Crippen LogP contribution in [0, 0.1) is 0 Å². The number of nitrogens with zero attached hydrogens (tertiary/aromatic N) is 1. The molecule has 3 nitrogen and oxygen atoms in total. The molecule has 0 saturated carbocycles. The van der Waals surface area contributed by atoms with Gasteiger partial charge in [0, 0.05) is 6.04 Å². The van der Waals surface area contributed by atoms with Gasteiger partial charge in [-0.25, -0.2) is 4.98 Å². The van der Waals surface area contributed by atoms with E-state index >= 15 is 0 Å². The highest BCUT2D eigenvalue weighted by atomic mass is 16.3. The van der Waals surface area contributed by atoms with Crippen LogP contribution in [0.15, 0.2) is 35.2 Å². The molecule has 0 amide bonds. The van der Waals surface area contributed by atoms with E-state index in [1.807, 2.05) is 0 Å². The summed E-state index contributed by atoms with van der Waals surface area (Å²) < 4.78 is 5.24. The molecule has 1 unspecified atom stereocenters. The van der Waals surface area contributed by atoms with E-state index in [1.54, 1.807) is 6.20 Å². The molecule has 1 heterocycles. The van der Waals surface area contributed by atoms with E-state index in [2.05, 4.69) is 35.4 Å². The summed E-state index contributed by atoms with van der Waals surface area (Å²) in [5.41, 5.74) is 4.44. The zero-order chi connectivity index (χ0) is 13.1. The number of aromatic nitrogens is 1. The Bertz CT molecular complexity index is 534. The van der Waals surface area contributed by atoms with Crippen LogP contribution < -0.4 is 5.32 Å². The summed E-state index contributed by atoms with van der Waals surface area (Å²) in [5, 5.41) is 3.47. The van der Waals surface area contributed by atoms with Gasteiger partial charge in [0.25, 0.3) is 0 Å². The van der Waals surface area contributed by atoms with Crippen LogP contribution in [0.1, 0.15) is 48.3 Å². The van der Waals surface area contributed by atoms with Crippen LogP contribution in [0.5, 0.6) is 0 Å². The van der Waals surface area contributed by atoms with E-state index in [0.717, 1.165) is 12.3 Å². The first kappa shape index (κ1) is 12.4. The minimum atomic E-state index is 0.331. The minimum Gasteiger partial charge on any atom is -0.447 e. The van der Waals surface area contributed by atoms with Gasteiger partial charge in [0.15, 0.2) is 6.39 Å². The SMILES string of the molecule is CC(NCc1cnco1)c1ccc2c(c1)CCCC2. The van der Waals surface area contributed by atoms with E-state index < -0.39 is 0 Å². The second-order valence-electron chi connectivity index (χ2n) is 5.31. The quantitative estimate of drug-likeness (QED) is 0.911. The Hall–Kier alpha value is -1.61. The number of nitrogens with one attached hydrogen (secondary N) is 1. The molecule has 0 saturated heterocycles. The molecular formula is C16H20N2O. The van der Waals surface area contributed by atoms with Crippen LogP contribution in [-0.2, 0) is 19.4 Å². The van der Waals surface area contributed by atoms with E-state index in [1.165, 1.54) is 48.8 Å². The lowest BCUT2D eigenvalue weighted by molar-refractivity contribution is 0.457. The Morgan fingerprint density at radius 2 is 2.11 bits per heavy atom. The highest BCUT2D eigenvalue weighted by molar-refractivity contribution is 5.35. The van der Waals surface area contributed by atoms with Gasteiger partial charge in [-0.1, -0.05) is 18.2 Å². The van der Waals surface area contributed by atoms with Gasteiger partial charge in [0.1, 0.15) is 5.76 Å². The van der Waals surface area contributed by atoms with Gasteiger partial charge in [-0.15, -0.1) is 0 Å². The molecule has 0 fully saturated rings. The van der Waals surface area contributed by atoms with Crippen molar-refractivity contribution in [3.63, 3.8) is 0 Å². The van der Waals surface area contributed by atoms with Crippen molar-refractivity contribution in [1.82, 2.24) is 10.3 Å². The summed E-state index contributed by atoms with van der Waals surface area (Å²) in [5.74, 6) is 0.879. The normalized spacial score (nSPS) is 16.1. The first-order chi connectivity index (χ1) is 9.33. The lowest BCUT2D eigenvalue weighted by Gasteiger charge is -2.19. The maximum absolute atomic E-state index is 5.24.